The predicted molar refractivity (Wildman–Crippen MR) is 78.6 cm³/mol. The van der Waals surface area contributed by atoms with E-state index in [0.29, 0.717) is 11.5 Å². The Balaban J connectivity index is 2.36. The van der Waals surface area contributed by atoms with Crippen LogP contribution in [0.3, 0.4) is 0 Å². The van der Waals surface area contributed by atoms with E-state index in [2.05, 4.69) is 12.3 Å². The maximum absolute atomic E-state index is 14.2. The zero-order chi connectivity index (χ0) is 14.8. The van der Waals surface area contributed by atoms with Crippen LogP contribution < -0.4 is 11.3 Å². The van der Waals surface area contributed by atoms with Gasteiger partial charge in [0.25, 0.3) is 0 Å². The third-order valence-electron chi connectivity index (χ3n) is 4.68. The van der Waals surface area contributed by atoms with Crippen molar-refractivity contribution in [2.45, 2.75) is 51.2 Å². The Bertz CT molecular complexity index is 456. The standard InChI is InChI=1S/C16H25FN2O/c1-11-6-8-16(20-3,9-7-11)15(19-18)13-10-12(2)4-5-14(13)17/h4-5,10-11,15,19H,6-9,18H2,1-3H3. The molecule has 1 aromatic rings. The zero-order valence-electron chi connectivity index (χ0n) is 12.6. The topological polar surface area (TPSA) is 47.3 Å². The van der Waals surface area contributed by atoms with Crippen molar-refractivity contribution in [3.05, 3.63) is 35.1 Å². The molecule has 0 saturated heterocycles. The minimum Gasteiger partial charge on any atom is -0.376 e. The highest BCUT2D eigenvalue weighted by molar-refractivity contribution is 5.29. The molecule has 112 valence electrons. The fourth-order valence-electron chi connectivity index (χ4n) is 3.27. The molecule has 0 heterocycles. The highest BCUT2D eigenvalue weighted by atomic mass is 19.1. The second kappa shape index (κ2) is 6.20. The van der Waals surface area contributed by atoms with Crippen LogP contribution in [0.5, 0.6) is 0 Å². The first kappa shape index (κ1) is 15.4. The Hall–Kier alpha value is -0.970. The van der Waals surface area contributed by atoms with E-state index < -0.39 is 5.60 Å². The molecule has 0 bridgehead atoms. The van der Waals surface area contributed by atoms with Crippen LogP contribution in [0.2, 0.25) is 0 Å². The van der Waals surface area contributed by atoms with Crippen LogP contribution >= 0.6 is 0 Å². The second-order valence-corrected chi connectivity index (χ2v) is 6.08. The van der Waals surface area contributed by atoms with Gasteiger partial charge in [-0.25, -0.2) is 9.82 Å². The fraction of sp³-hybridized carbons (Fsp3) is 0.625. The normalized spacial score (nSPS) is 28.4. The summed E-state index contributed by atoms with van der Waals surface area (Å²) in [5, 5.41) is 0. The van der Waals surface area contributed by atoms with Gasteiger partial charge in [-0.15, -0.1) is 0 Å². The van der Waals surface area contributed by atoms with Crippen molar-refractivity contribution in [3.63, 3.8) is 0 Å². The lowest BCUT2D eigenvalue weighted by atomic mass is 9.73. The van der Waals surface area contributed by atoms with Crippen LogP contribution in [-0.2, 0) is 4.74 Å². The maximum atomic E-state index is 14.2. The van der Waals surface area contributed by atoms with Gasteiger partial charge in [-0.2, -0.15) is 0 Å². The molecular formula is C16H25FN2O. The molecule has 4 heteroatoms. The van der Waals surface area contributed by atoms with Crippen molar-refractivity contribution in [3.8, 4) is 0 Å². The molecule has 1 aliphatic carbocycles. The van der Waals surface area contributed by atoms with Crippen molar-refractivity contribution in [2.75, 3.05) is 7.11 Å². The Morgan fingerprint density at radius 2 is 2.05 bits per heavy atom. The van der Waals surface area contributed by atoms with Gasteiger partial charge in [0.05, 0.1) is 11.6 Å². The number of rotatable bonds is 4. The molecule has 1 fully saturated rings. The lowest BCUT2D eigenvalue weighted by Crippen LogP contribution is -2.50. The molecule has 1 saturated carbocycles. The van der Waals surface area contributed by atoms with Crippen LogP contribution in [-0.4, -0.2) is 12.7 Å². The number of methoxy groups -OCH3 is 1. The quantitative estimate of drug-likeness (QED) is 0.657. The van der Waals surface area contributed by atoms with Crippen molar-refractivity contribution in [1.82, 2.24) is 5.43 Å². The molecule has 3 nitrogen and oxygen atoms in total. The monoisotopic (exact) mass is 280 g/mol. The first-order chi connectivity index (χ1) is 9.52. The van der Waals surface area contributed by atoms with E-state index in [9.17, 15) is 4.39 Å². The van der Waals surface area contributed by atoms with Crippen molar-refractivity contribution in [1.29, 1.82) is 0 Å². The Morgan fingerprint density at radius 1 is 1.40 bits per heavy atom. The molecule has 0 amide bonds. The van der Waals surface area contributed by atoms with Gasteiger partial charge >= 0.3 is 0 Å². The number of hydrogen-bond acceptors (Lipinski definition) is 3. The van der Waals surface area contributed by atoms with Gasteiger partial charge in [0.2, 0.25) is 0 Å². The summed E-state index contributed by atoms with van der Waals surface area (Å²) in [4.78, 5) is 0. The summed E-state index contributed by atoms with van der Waals surface area (Å²) in [6.07, 6.45) is 3.96. The fourth-order valence-corrected chi connectivity index (χ4v) is 3.27. The largest absolute Gasteiger partial charge is 0.376 e. The molecule has 1 aliphatic rings. The smallest absolute Gasteiger partial charge is 0.128 e. The Morgan fingerprint density at radius 3 is 2.60 bits per heavy atom. The number of hydrazine groups is 1. The van der Waals surface area contributed by atoms with E-state index in [4.69, 9.17) is 10.6 Å². The average molecular weight is 280 g/mol. The summed E-state index contributed by atoms with van der Waals surface area (Å²) in [7, 11) is 1.70. The summed E-state index contributed by atoms with van der Waals surface area (Å²) in [6, 6.07) is 4.82. The van der Waals surface area contributed by atoms with Gasteiger partial charge in [-0.05, 0) is 44.6 Å². The van der Waals surface area contributed by atoms with Crippen molar-refractivity contribution >= 4 is 0 Å². The molecule has 2 rings (SSSR count). The lowest BCUT2D eigenvalue weighted by Gasteiger charge is -2.44. The third-order valence-corrected chi connectivity index (χ3v) is 4.68. The van der Waals surface area contributed by atoms with E-state index >= 15 is 0 Å². The van der Waals surface area contributed by atoms with E-state index in [0.717, 1.165) is 31.2 Å². The SMILES string of the molecule is COC1(C(NN)c2cc(C)ccc2F)CCC(C)CC1. The van der Waals surface area contributed by atoms with Gasteiger partial charge < -0.3 is 4.74 Å². The van der Waals surface area contributed by atoms with Crippen LogP contribution in [0, 0.1) is 18.7 Å². The zero-order valence-corrected chi connectivity index (χ0v) is 12.6. The Kier molecular flexibility index (Phi) is 4.78. The minimum absolute atomic E-state index is 0.228. The lowest BCUT2D eigenvalue weighted by molar-refractivity contribution is -0.0768. The molecular weight excluding hydrogens is 255 g/mol. The predicted octanol–water partition coefficient (Wildman–Crippen LogP) is 3.23. The summed E-state index contributed by atoms with van der Waals surface area (Å²) in [5.74, 6) is 6.22. The Labute approximate surface area is 120 Å². The first-order valence-electron chi connectivity index (χ1n) is 7.30. The maximum Gasteiger partial charge on any atom is 0.128 e. The van der Waals surface area contributed by atoms with Gasteiger partial charge in [-0.3, -0.25) is 5.84 Å². The number of ether oxygens (including phenoxy) is 1. The van der Waals surface area contributed by atoms with Crippen LogP contribution in [0.25, 0.3) is 0 Å². The van der Waals surface area contributed by atoms with Gasteiger partial charge in [-0.1, -0.05) is 24.6 Å². The van der Waals surface area contributed by atoms with Crippen molar-refractivity contribution in [2.24, 2.45) is 11.8 Å². The highest BCUT2D eigenvalue weighted by Crippen LogP contribution is 2.43. The van der Waals surface area contributed by atoms with Gasteiger partial charge in [0, 0.05) is 12.7 Å². The first-order valence-corrected chi connectivity index (χ1v) is 7.30. The number of nitrogens with one attached hydrogen (secondary N) is 1. The molecule has 0 spiro atoms. The van der Waals surface area contributed by atoms with Crippen LogP contribution in [0.4, 0.5) is 4.39 Å². The molecule has 1 unspecified atom stereocenters. The van der Waals surface area contributed by atoms with Crippen LogP contribution in [0.15, 0.2) is 18.2 Å². The highest BCUT2D eigenvalue weighted by Gasteiger charge is 2.42. The van der Waals surface area contributed by atoms with E-state index in [-0.39, 0.29) is 11.9 Å². The molecule has 3 N–H and O–H groups in total. The summed E-state index contributed by atoms with van der Waals surface area (Å²) in [5.41, 5.74) is 4.00. The van der Waals surface area contributed by atoms with Gasteiger partial charge in [0.15, 0.2) is 0 Å². The van der Waals surface area contributed by atoms with Gasteiger partial charge in [0.1, 0.15) is 5.82 Å². The minimum atomic E-state index is -0.421. The third kappa shape index (κ3) is 2.87. The summed E-state index contributed by atoms with van der Waals surface area (Å²) in [6.45, 7) is 4.21. The summed E-state index contributed by atoms with van der Waals surface area (Å²) >= 11 is 0. The number of aryl methyl sites for hydroxylation is 1. The molecule has 0 aromatic heterocycles. The number of benzene rings is 1. The summed E-state index contributed by atoms with van der Waals surface area (Å²) < 4.78 is 20.0. The molecule has 1 aromatic carbocycles. The van der Waals surface area contributed by atoms with E-state index in [1.807, 2.05) is 13.0 Å². The molecule has 1 atom stereocenters. The molecule has 0 aliphatic heterocycles. The van der Waals surface area contributed by atoms with Crippen LogP contribution in [0.1, 0.15) is 49.8 Å². The number of nitrogens with two attached hydrogens (primary N) is 1. The van der Waals surface area contributed by atoms with E-state index in [1.54, 1.807) is 13.2 Å². The number of halogens is 1. The average Bonchev–Trinajstić information content (AvgIpc) is 2.45. The second-order valence-electron chi connectivity index (χ2n) is 6.08. The molecule has 20 heavy (non-hydrogen) atoms. The van der Waals surface area contributed by atoms with E-state index in [1.165, 1.54) is 6.07 Å². The molecule has 0 radical (unpaired) electrons. The number of hydrogen-bond donors (Lipinski definition) is 2. The van der Waals surface area contributed by atoms with Crippen molar-refractivity contribution < 1.29 is 9.13 Å².